The molecular weight excluding hydrogens is 296 g/mol. The maximum atomic E-state index is 12.4. The number of urea groups is 2. The van der Waals surface area contributed by atoms with Crippen LogP contribution in [-0.4, -0.2) is 47.5 Å². The van der Waals surface area contributed by atoms with Gasteiger partial charge in [0.15, 0.2) is 0 Å². The molecule has 2 saturated heterocycles. The van der Waals surface area contributed by atoms with Crippen LogP contribution >= 0.6 is 0 Å². The average molecular weight is 322 g/mol. The molecule has 1 saturated carbocycles. The van der Waals surface area contributed by atoms with Crippen LogP contribution in [0.4, 0.5) is 9.59 Å². The molecule has 3 fully saturated rings. The number of piperidine rings is 1. The number of carbonyl (C=O) groups is 3. The van der Waals surface area contributed by atoms with Crippen LogP contribution < -0.4 is 16.0 Å². The highest BCUT2D eigenvalue weighted by Crippen LogP contribution is 2.30. The Bertz CT molecular complexity index is 496. The predicted molar refractivity (Wildman–Crippen MR) is 84.8 cm³/mol. The molecule has 2 heterocycles. The van der Waals surface area contributed by atoms with E-state index in [4.69, 9.17) is 0 Å². The van der Waals surface area contributed by atoms with Crippen LogP contribution in [0.25, 0.3) is 0 Å². The zero-order chi connectivity index (χ0) is 16.4. The topological polar surface area (TPSA) is 90.5 Å². The SMILES string of the molecule is C[C@]1(C2CCN(C(=O)NC3CCCCC3)CC2)NC(=O)NC1=O. The molecule has 7 nitrogen and oxygen atoms in total. The Morgan fingerprint density at radius 1 is 1.13 bits per heavy atom. The summed E-state index contributed by atoms with van der Waals surface area (Å²) in [5.74, 6) is -0.194. The molecule has 3 aliphatic rings. The van der Waals surface area contributed by atoms with Crippen LogP contribution in [0.3, 0.4) is 0 Å². The molecule has 0 unspecified atom stereocenters. The number of nitrogens with one attached hydrogen (secondary N) is 3. The molecule has 5 amide bonds. The second kappa shape index (κ2) is 6.37. The summed E-state index contributed by atoms with van der Waals surface area (Å²) in [5, 5.41) is 8.19. The van der Waals surface area contributed by atoms with Crippen molar-refractivity contribution in [2.75, 3.05) is 13.1 Å². The largest absolute Gasteiger partial charge is 0.335 e. The lowest BCUT2D eigenvalue weighted by Gasteiger charge is -2.39. The molecule has 0 spiro atoms. The van der Waals surface area contributed by atoms with E-state index in [0.29, 0.717) is 19.1 Å². The van der Waals surface area contributed by atoms with Crippen molar-refractivity contribution in [2.24, 2.45) is 5.92 Å². The average Bonchev–Trinajstić information content (AvgIpc) is 2.82. The smallest absolute Gasteiger partial charge is 0.322 e. The fourth-order valence-corrected chi connectivity index (χ4v) is 4.02. The number of nitrogens with zero attached hydrogens (tertiary/aromatic N) is 1. The number of imide groups is 1. The summed E-state index contributed by atoms with van der Waals surface area (Å²) in [4.78, 5) is 37.6. The van der Waals surface area contributed by atoms with E-state index in [1.807, 2.05) is 4.90 Å². The van der Waals surface area contributed by atoms with Crippen molar-refractivity contribution in [1.82, 2.24) is 20.9 Å². The highest BCUT2D eigenvalue weighted by Gasteiger charge is 2.48. The van der Waals surface area contributed by atoms with Gasteiger partial charge in [0.2, 0.25) is 0 Å². The molecule has 0 bridgehead atoms. The Balaban J connectivity index is 1.51. The summed E-state index contributed by atoms with van der Waals surface area (Å²) in [5.41, 5.74) is -0.844. The Kier molecular flexibility index (Phi) is 4.46. The van der Waals surface area contributed by atoms with Gasteiger partial charge in [-0.15, -0.1) is 0 Å². The first-order valence-corrected chi connectivity index (χ1v) is 8.68. The van der Waals surface area contributed by atoms with Crippen LogP contribution in [0.1, 0.15) is 51.9 Å². The van der Waals surface area contributed by atoms with Gasteiger partial charge in [0.05, 0.1) is 0 Å². The predicted octanol–water partition coefficient (Wildman–Crippen LogP) is 1.34. The Hall–Kier alpha value is -1.79. The van der Waals surface area contributed by atoms with Crippen LogP contribution in [0.2, 0.25) is 0 Å². The van der Waals surface area contributed by atoms with E-state index >= 15 is 0 Å². The van der Waals surface area contributed by atoms with E-state index in [0.717, 1.165) is 25.7 Å². The third kappa shape index (κ3) is 3.28. The second-order valence-electron chi connectivity index (χ2n) is 7.16. The maximum absolute atomic E-state index is 12.4. The molecule has 2 aliphatic heterocycles. The van der Waals surface area contributed by atoms with E-state index < -0.39 is 11.6 Å². The highest BCUT2D eigenvalue weighted by atomic mass is 16.2. The van der Waals surface area contributed by atoms with Gasteiger partial charge in [0, 0.05) is 19.1 Å². The molecule has 0 radical (unpaired) electrons. The first-order valence-electron chi connectivity index (χ1n) is 8.68. The molecule has 0 aromatic carbocycles. The van der Waals surface area contributed by atoms with Crippen molar-refractivity contribution in [3.05, 3.63) is 0 Å². The van der Waals surface area contributed by atoms with Crippen LogP contribution in [0, 0.1) is 5.92 Å². The minimum Gasteiger partial charge on any atom is -0.335 e. The Morgan fingerprint density at radius 3 is 2.35 bits per heavy atom. The van der Waals surface area contributed by atoms with E-state index in [9.17, 15) is 14.4 Å². The third-order valence-corrected chi connectivity index (χ3v) is 5.60. The number of likely N-dealkylation sites (tertiary alicyclic amines) is 1. The van der Waals surface area contributed by atoms with Crippen LogP contribution in [-0.2, 0) is 4.79 Å². The second-order valence-corrected chi connectivity index (χ2v) is 7.16. The number of rotatable bonds is 2. The molecule has 1 aliphatic carbocycles. The summed E-state index contributed by atoms with van der Waals surface area (Å²) < 4.78 is 0. The van der Waals surface area contributed by atoms with E-state index in [1.54, 1.807) is 6.92 Å². The summed E-state index contributed by atoms with van der Waals surface area (Å²) >= 11 is 0. The number of amides is 5. The fraction of sp³-hybridized carbons (Fsp3) is 0.812. The normalized spacial score (nSPS) is 30.0. The molecule has 23 heavy (non-hydrogen) atoms. The Morgan fingerprint density at radius 2 is 1.78 bits per heavy atom. The first-order chi connectivity index (χ1) is 11.0. The van der Waals surface area contributed by atoms with Gasteiger partial charge >= 0.3 is 12.1 Å². The first kappa shape index (κ1) is 16.1. The lowest BCUT2D eigenvalue weighted by atomic mass is 9.79. The molecule has 0 aromatic rings. The zero-order valence-electron chi connectivity index (χ0n) is 13.7. The molecule has 3 N–H and O–H groups in total. The quantitative estimate of drug-likeness (QED) is 0.670. The Labute approximate surface area is 136 Å². The zero-order valence-corrected chi connectivity index (χ0v) is 13.7. The summed E-state index contributed by atoms with van der Waals surface area (Å²) in [6, 6.07) is -0.0956. The van der Waals surface area contributed by atoms with Crippen molar-refractivity contribution in [1.29, 1.82) is 0 Å². The van der Waals surface area contributed by atoms with Gasteiger partial charge in [-0.3, -0.25) is 10.1 Å². The summed E-state index contributed by atoms with van der Waals surface area (Å²) in [6.45, 7) is 3.03. The standard InChI is InChI=1S/C16H26N4O3/c1-16(13(21)18-14(22)19-16)11-7-9-20(10-8-11)15(23)17-12-5-3-2-4-6-12/h11-12H,2-10H2,1H3,(H,17,23)(H2,18,19,21,22)/t16-/m1/s1. The molecule has 0 aromatic heterocycles. The van der Waals surface area contributed by atoms with Gasteiger partial charge in [0.25, 0.3) is 5.91 Å². The minimum absolute atomic E-state index is 0.0143. The molecule has 3 rings (SSSR count). The highest BCUT2D eigenvalue weighted by molar-refractivity contribution is 6.06. The molecule has 1 atom stereocenters. The van der Waals surface area contributed by atoms with Gasteiger partial charge in [-0.2, -0.15) is 0 Å². The van der Waals surface area contributed by atoms with Crippen molar-refractivity contribution in [2.45, 2.75) is 63.5 Å². The number of hydrogen-bond donors (Lipinski definition) is 3. The fourth-order valence-electron chi connectivity index (χ4n) is 4.02. The third-order valence-electron chi connectivity index (χ3n) is 5.60. The van der Waals surface area contributed by atoms with Crippen LogP contribution in [0.15, 0.2) is 0 Å². The maximum Gasteiger partial charge on any atom is 0.322 e. The minimum atomic E-state index is -0.844. The van der Waals surface area contributed by atoms with Crippen molar-refractivity contribution < 1.29 is 14.4 Å². The van der Waals surface area contributed by atoms with Gasteiger partial charge in [-0.25, -0.2) is 9.59 Å². The lowest BCUT2D eigenvalue weighted by molar-refractivity contribution is -0.125. The van der Waals surface area contributed by atoms with Gasteiger partial charge in [-0.1, -0.05) is 19.3 Å². The monoisotopic (exact) mass is 322 g/mol. The van der Waals surface area contributed by atoms with Crippen molar-refractivity contribution in [3.63, 3.8) is 0 Å². The van der Waals surface area contributed by atoms with Gasteiger partial charge < -0.3 is 15.5 Å². The molecule has 7 heteroatoms. The van der Waals surface area contributed by atoms with Crippen molar-refractivity contribution in [3.8, 4) is 0 Å². The van der Waals surface area contributed by atoms with E-state index in [2.05, 4.69) is 16.0 Å². The van der Waals surface area contributed by atoms with E-state index in [-0.39, 0.29) is 17.9 Å². The lowest BCUT2D eigenvalue weighted by Crippen LogP contribution is -2.55. The number of carbonyl (C=O) groups excluding carboxylic acids is 3. The molecular formula is C16H26N4O3. The molecule has 128 valence electrons. The number of hydrogen-bond acceptors (Lipinski definition) is 3. The van der Waals surface area contributed by atoms with E-state index in [1.165, 1.54) is 19.3 Å². The van der Waals surface area contributed by atoms with Crippen molar-refractivity contribution >= 4 is 18.0 Å². The van der Waals surface area contributed by atoms with Gasteiger partial charge in [-0.05, 0) is 38.5 Å². The summed E-state index contributed by atoms with van der Waals surface area (Å²) in [7, 11) is 0. The summed E-state index contributed by atoms with van der Waals surface area (Å²) in [6.07, 6.45) is 7.26. The van der Waals surface area contributed by atoms with Gasteiger partial charge in [0.1, 0.15) is 5.54 Å². The van der Waals surface area contributed by atoms with Crippen LogP contribution in [0.5, 0.6) is 0 Å².